The van der Waals surface area contributed by atoms with Crippen molar-refractivity contribution in [3.05, 3.63) is 35.4 Å². The van der Waals surface area contributed by atoms with Crippen molar-refractivity contribution in [1.29, 1.82) is 0 Å². The van der Waals surface area contributed by atoms with Gasteiger partial charge in [0.05, 0.1) is 13.1 Å². The third-order valence-corrected chi connectivity index (χ3v) is 2.87. The van der Waals surface area contributed by atoms with Gasteiger partial charge in [0, 0.05) is 14.0 Å². The van der Waals surface area contributed by atoms with E-state index in [1.54, 1.807) is 26.1 Å². The lowest BCUT2D eigenvalue weighted by molar-refractivity contribution is 0.0931. The van der Waals surface area contributed by atoms with Crippen molar-refractivity contribution in [3.63, 3.8) is 0 Å². The molecule has 7 heteroatoms. The number of aryl methyl sites for hydroxylation is 1. The zero-order chi connectivity index (χ0) is 14.5. The summed E-state index contributed by atoms with van der Waals surface area (Å²) in [7, 11) is 1.57. The highest BCUT2D eigenvalue weighted by atomic mass is 16.5. The fourth-order valence-electron chi connectivity index (χ4n) is 1.81. The maximum Gasteiger partial charge on any atom is 0.286 e. The molecule has 20 heavy (non-hydrogen) atoms. The summed E-state index contributed by atoms with van der Waals surface area (Å²) in [6.45, 7) is 5.76. The van der Waals surface area contributed by atoms with Crippen molar-refractivity contribution in [2.75, 3.05) is 13.6 Å². The van der Waals surface area contributed by atoms with E-state index in [4.69, 9.17) is 8.94 Å². The normalized spacial score (nSPS) is 11.0. The van der Waals surface area contributed by atoms with E-state index in [-0.39, 0.29) is 5.91 Å². The zero-order valence-corrected chi connectivity index (χ0v) is 11.8. The van der Waals surface area contributed by atoms with Crippen molar-refractivity contribution in [1.82, 2.24) is 20.4 Å². The van der Waals surface area contributed by atoms with Gasteiger partial charge in [-0.15, -0.1) is 0 Å². The first-order chi connectivity index (χ1) is 9.62. The monoisotopic (exact) mass is 278 g/mol. The van der Waals surface area contributed by atoms with E-state index in [1.165, 1.54) is 0 Å². The molecule has 2 heterocycles. The van der Waals surface area contributed by atoms with Gasteiger partial charge in [0.25, 0.3) is 5.91 Å². The van der Waals surface area contributed by atoms with Crippen molar-refractivity contribution in [2.24, 2.45) is 0 Å². The molecule has 0 aliphatic carbocycles. The summed E-state index contributed by atoms with van der Waals surface area (Å²) < 4.78 is 10.4. The average Bonchev–Trinajstić information content (AvgIpc) is 3.06. The van der Waals surface area contributed by atoms with Crippen molar-refractivity contribution >= 4 is 5.91 Å². The summed E-state index contributed by atoms with van der Waals surface area (Å²) in [5.41, 5.74) is 0. The molecule has 0 unspecified atom stereocenters. The molecular formula is C13H18N4O3. The van der Waals surface area contributed by atoms with E-state index >= 15 is 0 Å². The second-order valence-electron chi connectivity index (χ2n) is 4.38. The van der Waals surface area contributed by atoms with Crippen LogP contribution in [0, 0.1) is 6.92 Å². The van der Waals surface area contributed by atoms with E-state index in [0.717, 1.165) is 12.3 Å². The molecule has 108 valence electrons. The lowest BCUT2D eigenvalue weighted by atomic mass is 10.3. The van der Waals surface area contributed by atoms with Crippen LogP contribution >= 0.6 is 0 Å². The van der Waals surface area contributed by atoms with Crippen LogP contribution in [0.4, 0.5) is 0 Å². The van der Waals surface area contributed by atoms with Crippen LogP contribution in [0.25, 0.3) is 0 Å². The highest BCUT2D eigenvalue weighted by molar-refractivity contribution is 5.91. The molecule has 0 fully saturated rings. The van der Waals surface area contributed by atoms with Crippen LogP contribution in [0.3, 0.4) is 0 Å². The third kappa shape index (κ3) is 3.45. The Balaban J connectivity index is 1.99. The predicted octanol–water partition coefficient (Wildman–Crippen LogP) is 1.35. The molecule has 2 aromatic heterocycles. The van der Waals surface area contributed by atoms with E-state index < -0.39 is 0 Å². The Labute approximate surface area is 116 Å². The molecule has 2 rings (SSSR count). The third-order valence-electron chi connectivity index (χ3n) is 2.87. The number of rotatable bonds is 6. The molecule has 1 amide bonds. The Hall–Kier alpha value is -2.15. The first-order valence-electron chi connectivity index (χ1n) is 6.44. The molecule has 0 spiro atoms. The number of furan rings is 1. The molecule has 0 aliphatic heterocycles. The Morgan fingerprint density at radius 3 is 2.80 bits per heavy atom. The van der Waals surface area contributed by atoms with Crippen molar-refractivity contribution in [3.8, 4) is 0 Å². The van der Waals surface area contributed by atoms with Crippen LogP contribution in [0.1, 0.15) is 35.0 Å². The van der Waals surface area contributed by atoms with Gasteiger partial charge in [0.1, 0.15) is 5.76 Å². The minimum absolute atomic E-state index is 0.229. The topological polar surface area (TPSA) is 84.4 Å². The van der Waals surface area contributed by atoms with Crippen LogP contribution in [0.15, 0.2) is 21.1 Å². The summed E-state index contributed by atoms with van der Waals surface area (Å²) in [5, 5.41) is 6.40. The molecule has 0 bridgehead atoms. The number of carbonyl (C=O) groups is 1. The molecule has 7 nitrogen and oxygen atoms in total. The van der Waals surface area contributed by atoms with Gasteiger partial charge in [-0.3, -0.25) is 9.69 Å². The number of nitrogens with zero attached hydrogens (tertiary/aromatic N) is 3. The molecule has 0 aliphatic rings. The lowest BCUT2D eigenvalue weighted by Gasteiger charge is -2.16. The minimum Gasteiger partial charge on any atom is -0.455 e. The summed E-state index contributed by atoms with van der Waals surface area (Å²) in [6.07, 6.45) is 0. The zero-order valence-electron chi connectivity index (χ0n) is 11.8. The van der Waals surface area contributed by atoms with E-state index in [2.05, 4.69) is 20.4 Å². The van der Waals surface area contributed by atoms with Crippen LogP contribution < -0.4 is 5.32 Å². The van der Waals surface area contributed by atoms with E-state index in [9.17, 15) is 4.79 Å². The molecule has 0 aromatic carbocycles. The standard InChI is InChI=1S/C13H18N4O3/c1-4-17(8-12-15-9(2)20-16-12)7-10-5-6-11(19-10)13(18)14-3/h5-6H,4,7-8H2,1-3H3,(H,14,18). The van der Waals surface area contributed by atoms with Crippen LogP contribution in [0.2, 0.25) is 0 Å². The summed E-state index contributed by atoms with van der Waals surface area (Å²) >= 11 is 0. The van der Waals surface area contributed by atoms with Gasteiger partial charge in [-0.25, -0.2) is 0 Å². The Morgan fingerprint density at radius 2 is 2.20 bits per heavy atom. The second-order valence-corrected chi connectivity index (χ2v) is 4.38. The van der Waals surface area contributed by atoms with Gasteiger partial charge >= 0.3 is 0 Å². The maximum atomic E-state index is 11.4. The fourth-order valence-corrected chi connectivity index (χ4v) is 1.81. The molecule has 0 saturated carbocycles. The number of nitrogens with one attached hydrogen (secondary N) is 1. The largest absolute Gasteiger partial charge is 0.455 e. The van der Waals surface area contributed by atoms with Crippen LogP contribution in [-0.4, -0.2) is 34.5 Å². The second kappa shape index (κ2) is 6.33. The quantitative estimate of drug-likeness (QED) is 0.858. The predicted molar refractivity (Wildman–Crippen MR) is 70.9 cm³/mol. The van der Waals surface area contributed by atoms with Gasteiger partial charge in [0.2, 0.25) is 5.89 Å². The molecule has 0 saturated heterocycles. The van der Waals surface area contributed by atoms with Crippen LogP contribution in [-0.2, 0) is 13.1 Å². The van der Waals surface area contributed by atoms with Gasteiger partial charge in [-0.1, -0.05) is 12.1 Å². The van der Waals surface area contributed by atoms with Gasteiger partial charge in [-0.05, 0) is 18.7 Å². The van der Waals surface area contributed by atoms with Gasteiger partial charge in [-0.2, -0.15) is 4.98 Å². The molecule has 0 atom stereocenters. The van der Waals surface area contributed by atoms with Crippen molar-refractivity contribution < 1.29 is 13.7 Å². The first-order valence-corrected chi connectivity index (χ1v) is 6.44. The maximum absolute atomic E-state index is 11.4. The number of carbonyl (C=O) groups excluding carboxylic acids is 1. The molecular weight excluding hydrogens is 260 g/mol. The average molecular weight is 278 g/mol. The summed E-state index contributed by atoms with van der Waals surface area (Å²) in [6, 6.07) is 3.47. The molecule has 1 N–H and O–H groups in total. The summed E-state index contributed by atoms with van der Waals surface area (Å²) in [4.78, 5) is 17.7. The number of aromatic nitrogens is 2. The molecule has 0 radical (unpaired) electrons. The Bertz CT molecular complexity index is 576. The Morgan fingerprint density at radius 1 is 1.40 bits per heavy atom. The number of amides is 1. The lowest BCUT2D eigenvalue weighted by Crippen LogP contribution is -2.22. The van der Waals surface area contributed by atoms with E-state index in [0.29, 0.717) is 30.6 Å². The van der Waals surface area contributed by atoms with Gasteiger partial charge in [0.15, 0.2) is 11.6 Å². The number of hydrogen-bond donors (Lipinski definition) is 1. The SMILES string of the molecule is CCN(Cc1noc(C)n1)Cc1ccc(C(=O)NC)o1. The smallest absolute Gasteiger partial charge is 0.286 e. The molecule has 2 aromatic rings. The van der Waals surface area contributed by atoms with Crippen molar-refractivity contribution in [2.45, 2.75) is 26.9 Å². The van der Waals surface area contributed by atoms with Crippen LogP contribution in [0.5, 0.6) is 0 Å². The van der Waals surface area contributed by atoms with Gasteiger partial charge < -0.3 is 14.3 Å². The Kier molecular flexibility index (Phi) is 4.52. The van der Waals surface area contributed by atoms with E-state index in [1.807, 2.05) is 6.92 Å². The fraction of sp³-hybridized carbons (Fsp3) is 0.462. The first kappa shape index (κ1) is 14.3. The number of hydrogen-bond acceptors (Lipinski definition) is 6. The minimum atomic E-state index is -0.229. The highest BCUT2D eigenvalue weighted by Crippen LogP contribution is 2.12. The highest BCUT2D eigenvalue weighted by Gasteiger charge is 2.13. The summed E-state index contributed by atoms with van der Waals surface area (Å²) in [5.74, 6) is 2.01.